The van der Waals surface area contributed by atoms with Crippen LogP contribution in [-0.2, 0) is 18.4 Å². The number of piperazine rings is 1. The Morgan fingerprint density at radius 2 is 2.22 bits per heavy atom. The first-order valence-electron chi connectivity index (χ1n) is 9.49. The van der Waals surface area contributed by atoms with Crippen molar-refractivity contribution < 1.29 is 9.59 Å². The Bertz CT molecular complexity index is 846. The van der Waals surface area contributed by atoms with Gasteiger partial charge in [-0.05, 0) is 24.1 Å². The van der Waals surface area contributed by atoms with Gasteiger partial charge >= 0.3 is 0 Å². The predicted octanol–water partition coefficient (Wildman–Crippen LogP) is 1.33. The number of nitrogens with zero attached hydrogens (tertiary/aromatic N) is 4. The van der Waals surface area contributed by atoms with E-state index >= 15 is 0 Å². The van der Waals surface area contributed by atoms with E-state index in [1.807, 2.05) is 51.9 Å². The largest absolute Gasteiger partial charge is 0.338 e. The van der Waals surface area contributed by atoms with E-state index in [9.17, 15) is 9.59 Å². The summed E-state index contributed by atoms with van der Waals surface area (Å²) in [7, 11) is 1.95. The molecule has 0 saturated carbocycles. The molecule has 2 aliphatic rings. The Labute approximate surface area is 159 Å². The van der Waals surface area contributed by atoms with Gasteiger partial charge in [0, 0.05) is 64.1 Å². The Morgan fingerprint density at radius 1 is 1.33 bits per heavy atom. The Hall–Kier alpha value is -2.67. The molecule has 2 saturated heterocycles. The zero-order chi connectivity index (χ0) is 18.8. The Morgan fingerprint density at radius 3 is 2.96 bits per heavy atom. The fourth-order valence-corrected chi connectivity index (χ4v) is 3.94. The van der Waals surface area contributed by atoms with E-state index in [0.29, 0.717) is 31.6 Å². The average molecular weight is 367 g/mol. The van der Waals surface area contributed by atoms with Crippen LogP contribution in [0.25, 0.3) is 0 Å². The normalized spacial score (nSPS) is 20.3. The third-order valence-electron chi connectivity index (χ3n) is 5.38. The molecule has 4 rings (SSSR count). The topological polar surface area (TPSA) is 70.5 Å². The van der Waals surface area contributed by atoms with Crippen LogP contribution in [0.4, 0.5) is 0 Å². The van der Waals surface area contributed by atoms with Crippen molar-refractivity contribution >= 4 is 11.8 Å². The molecule has 7 heteroatoms. The molecule has 1 N–H and O–H groups in total. The van der Waals surface area contributed by atoms with Crippen molar-refractivity contribution in [3.8, 4) is 0 Å². The van der Waals surface area contributed by atoms with Gasteiger partial charge in [-0.15, -0.1) is 0 Å². The van der Waals surface area contributed by atoms with Crippen molar-refractivity contribution in [3.63, 3.8) is 0 Å². The molecule has 142 valence electrons. The lowest BCUT2D eigenvalue weighted by Gasteiger charge is -2.36. The predicted molar refractivity (Wildman–Crippen MR) is 101 cm³/mol. The summed E-state index contributed by atoms with van der Waals surface area (Å²) in [6.07, 6.45) is 5.22. The molecule has 0 radical (unpaired) electrons. The number of benzene rings is 1. The first-order chi connectivity index (χ1) is 13.1. The van der Waals surface area contributed by atoms with E-state index in [1.165, 1.54) is 0 Å². The van der Waals surface area contributed by atoms with Gasteiger partial charge in [0.2, 0.25) is 5.91 Å². The first kappa shape index (κ1) is 17.7. The molecule has 2 fully saturated rings. The number of rotatable bonds is 4. The Kier molecular flexibility index (Phi) is 4.94. The zero-order valence-corrected chi connectivity index (χ0v) is 15.6. The van der Waals surface area contributed by atoms with Gasteiger partial charge in [-0.3, -0.25) is 9.59 Å². The summed E-state index contributed by atoms with van der Waals surface area (Å²) in [5.41, 5.74) is 1.67. The number of imidazole rings is 1. The van der Waals surface area contributed by atoms with Gasteiger partial charge in [0.15, 0.2) is 0 Å². The summed E-state index contributed by atoms with van der Waals surface area (Å²) in [5, 5.41) is 3.36. The number of nitrogens with one attached hydrogen (secondary N) is 1. The van der Waals surface area contributed by atoms with E-state index in [-0.39, 0.29) is 17.9 Å². The van der Waals surface area contributed by atoms with Gasteiger partial charge in [0.05, 0.1) is 0 Å². The summed E-state index contributed by atoms with van der Waals surface area (Å²) in [6, 6.07) is 7.58. The first-order valence-corrected chi connectivity index (χ1v) is 9.49. The van der Waals surface area contributed by atoms with Crippen molar-refractivity contribution in [2.45, 2.75) is 25.4 Å². The number of hydrogen-bond donors (Lipinski definition) is 1. The van der Waals surface area contributed by atoms with Crippen LogP contribution in [0, 0.1) is 0 Å². The summed E-state index contributed by atoms with van der Waals surface area (Å²) in [5.74, 6) is 1.09. The molecule has 2 aliphatic heterocycles. The summed E-state index contributed by atoms with van der Waals surface area (Å²) < 4.78 is 1.97. The van der Waals surface area contributed by atoms with Crippen molar-refractivity contribution in [3.05, 3.63) is 53.6 Å². The number of aromatic nitrogens is 2. The number of amides is 2. The molecule has 1 atom stereocenters. The maximum Gasteiger partial charge on any atom is 0.254 e. The SMILES string of the molecule is Cn1ccnc1C1CNCCN1C(=O)c1cccc(CN2CCCC2=O)c1. The van der Waals surface area contributed by atoms with Crippen LogP contribution in [0.5, 0.6) is 0 Å². The third kappa shape index (κ3) is 3.60. The number of likely N-dealkylation sites (tertiary alicyclic amines) is 1. The van der Waals surface area contributed by atoms with Crippen LogP contribution in [0.15, 0.2) is 36.7 Å². The van der Waals surface area contributed by atoms with Crippen molar-refractivity contribution in [2.75, 3.05) is 26.2 Å². The minimum absolute atomic E-state index is 0.0131. The summed E-state index contributed by atoms with van der Waals surface area (Å²) in [6.45, 7) is 3.48. The minimum Gasteiger partial charge on any atom is -0.338 e. The van der Waals surface area contributed by atoms with Crippen molar-refractivity contribution in [2.24, 2.45) is 7.05 Å². The number of carbonyl (C=O) groups excluding carboxylic acids is 2. The lowest BCUT2D eigenvalue weighted by Crippen LogP contribution is -2.49. The second kappa shape index (κ2) is 7.52. The fraction of sp³-hybridized carbons (Fsp3) is 0.450. The maximum absolute atomic E-state index is 13.3. The molecule has 2 aromatic rings. The van der Waals surface area contributed by atoms with Gasteiger partial charge in [0.25, 0.3) is 5.91 Å². The van der Waals surface area contributed by atoms with Gasteiger partial charge in [-0.1, -0.05) is 12.1 Å². The van der Waals surface area contributed by atoms with Gasteiger partial charge in [-0.2, -0.15) is 0 Å². The van der Waals surface area contributed by atoms with E-state index < -0.39 is 0 Å². The van der Waals surface area contributed by atoms with E-state index in [2.05, 4.69) is 10.3 Å². The van der Waals surface area contributed by atoms with Crippen LogP contribution in [0.1, 0.15) is 40.6 Å². The zero-order valence-electron chi connectivity index (χ0n) is 15.6. The highest BCUT2D eigenvalue weighted by Gasteiger charge is 2.31. The Balaban J connectivity index is 1.55. The molecule has 0 spiro atoms. The monoisotopic (exact) mass is 367 g/mol. The summed E-state index contributed by atoms with van der Waals surface area (Å²) >= 11 is 0. The van der Waals surface area contributed by atoms with Crippen LogP contribution in [0.3, 0.4) is 0 Å². The highest BCUT2D eigenvalue weighted by Crippen LogP contribution is 2.23. The molecule has 1 aromatic carbocycles. The number of aryl methyl sites for hydroxylation is 1. The molecule has 3 heterocycles. The van der Waals surface area contributed by atoms with Crippen LogP contribution >= 0.6 is 0 Å². The maximum atomic E-state index is 13.3. The van der Waals surface area contributed by atoms with Gasteiger partial charge in [0.1, 0.15) is 11.9 Å². The quantitative estimate of drug-likeness (QED) is 0.885. The third-order valence-corrected chi connectivity index (χ3v) is 5.38. The second-order valence-corrected chi connectivity index (χ2v) is 7.23. The lowest BCUT2D eigenvalue weighted by molar-refractivity contribution is -0.128. The molecule has 0 bridgehead atoms. The second-order valence-electron chi connectivity index (χ2n) is 7.23. The molecule has 7 nitrogen and oxygen atoms in total. The van der Waals surface area contributed by atoms with Crippen LogP contribution < -0.4 is 5.32 Å². The molecule has 1 aromatic heterocycles. The lowest BCUT2D eigenvalue weighted by atomic mass is 10.1. The smallest absolute Gasteiger partial charge is 0.254 e. The van der Waals surface area contributed by atoms with Crippen molar-refractivity contribution in [1.82, 2.24) is 24.7 Å². The average Bonchev–Trinajstić information content (AvgIpc) is 3.29. The van der Waals surface area contributed by atoms with E-state index in [1.54, 1.807) is 6.20 Å². The molecular formula is C20H25N5O2. The van der Waals surface area contributed by atoms with Gasteiger partial charge < -0.3 is 19.7 Å². The molecule has 2 amide bonds. The van der Waals surface area contributed by atoms with Crippen LogP contribution in [-0.4, -0.2) is 57.3 Å². The van der Waals surface area contributed by atoms with Crippen LogP contribution in [0.2, 0.25) is 0 Å². The number of carbonyl (C=O) groups is 2. The van der Waals surface area contributed by atoms with E-state index in [4.69, 9.17) is 0 Å². The molecule has 27 heavy (non-hydrogen) atoms. The molecular weight excluding hydrogens is 342 g/mol. The molecule has 0 aliphatic carbocycles. The highest BCUT2D eigenvalue weighted by molar-refractivity contribution is 5.94. The standard InChI is InChI=1S/C20H25N5O2/c1-23-10-8-22-19(23)17-13-21-7-11-25(17)20(27)16-5-2-4-15(12-16)14-24-9-3-6-18(24)26/h2,4-5,8,10,12,17,21H,3,6-7,9,11,13-14H2,1H3. The van der Waals surface area contributed by atoms with Crippen molar-refractivity contribution in [1.29, 1.82) is 0 Å². The van der Waals surface area contributed by atoms with E-state index in [0.717, 1.165) is 30.9 Å². The van der Waals surface area contributed by atoms with Gasteiger partial charge in [-0.25, -0.2) is 4.98 Å². The fourth-order valence-electron chi connectivity index (χ4n) is 3.94. The number of hydrogen-bond acceptors (Lipinski definition) is 4. The minimum atomic E-state index is -0.0879. The highest BCUT2D eigenvalue weighted by atomic mass is 16.2. The molecule has 1 unspecified atom stereocenters. The summed E-state index contributed by atoms with van der Waals surface area (Å²) in [4.78, 5) is 33.3.